The van der Waals surface area contributed by atoms with E-state index in [0.717, 1.165) is 0 Å². The van der Waals surface area contributed by atoms with Crippen LogP contribution in [-0.2, 0) is 16.0 Å². The van der Waals surface area contributed by atoms with Gasteiger partial charge in [-0.25, -0.2) is 9.59 Å². The van der Waals surface area contributed by atoms with E-state index in [1.165, 1.54) is 12.3 Å². The van der Waals surface area contributed by atoms with Crippen molar-refractivity contribution in [1.29, 1.82) is 0 Å². The highest BCUT2D eigenvalue weighted by molar-refractivity contribution is 5.80. The lowest BCUT2D eigenvalue weighted by Crippen LogP contribution is -2.42. The Balaban J connectivity index is 2.51. The number of carbonyl (C=O) groups excluding carboxylic acids is 1. The van der Waals surface area contributed by atoms with Gasteiger partial charge < -0.3 is 15.2 Å². The molecule has 0 aliphatic carbocycles. The third-order valence-electron chi connectivity index (χ3n) is 1.90. The highest BCUT2D eigenvalue weighted by atomic mass is 16.5. The second kappa shape index (κ2) is 6.31. The van der Waals surface area contributed by atoms with Crippen LogP contribution in [0.1, 0.15) is 5.69 Å². The summed E-state index contributed by atoms with van der Waals surface area (Å²) in [7, 11) is 0. The molecule has 0 radical (unpaired) electrons. The monoisotopic (exact) mass is 239 g/mol. The molecule has 3 N–H and O–H groups in total. The van der Waals surface area contributed by atoms with Gasteiger partial charge in [-0.3, -0.25) is 5.10 Å². The van der Waals surface area contributed by atoms with Crippen LogP contribution in [-0.4, -0.2) is 40.0 Å². The van der Waals surface area contributed by atoms with Gasteiger partial charge >= 0.3 is 12.1 Å². The Kier molecular flexibility index (Phi) is 4.74. The van der Waals surface area contributed by atoms with Crippen molar-refractivity contribution >= 4 is 12.1 Å². The topological polar surface area (TPSA) is 104 Å². The maximum Gasteiger partial charge on any atom is 0.408 e. The number of nitrogens with zero attached hydrogens (tertiary/aromatic N) is 1. The molecule has 0 fully saturated rings. The third-order valence-corrected chi connectivity index (χ3v) is 1.90. The Labute approximate surface area is 97.5 Å². The Morgan fingerprint density at radius 3 is 3.00 bits per heavy atom. The molecule has 17 heavy (non-hydrogen) atoms. The fourth-order valence-electron chi connectivity index (χ4n) is 1.14. The Morgan fingerprint density at radius 1 is 1.71 bits per heavy atom. The summed E-state index contributed by atoms with van der Waals surface area (Å²) in [6.07, 6.45) is 2.21. The average molecular weight is 239 g/mol. The summed E-state index contributed by atoms with van der Waals surface area (Å²) in [5, 5.41) is 17.5. The first-order chi connectivity index (χ1) is 8.13. The van der Waals surface area contributed by atoms with Crippen molar-refractivity contribution in [3.63, 3.8) is 0 Å². The first-order valence-electron chi connectivity index (χ1n) is 4.88. The van der Waals surface area contributed by atoms with Gasteiger partial charge in [0.25, 0.3) is 0 Å². The number of hydrogen-bond donors (Lipinski definition) is 3. The van der Waals surface area contributed by atoms with Crippen LogP contribution in [0.3, 0.4) is 0 Å². The molecule has 0 saturated carbocycles. The largest absolute Gasteiger partial charge is 0.480 e. The molecule has 92 valence electrons. The zero-order valence-electron chi connectivity index (χ0n) is 9.05. The van der Waals surface area contributed by atoms with Gasteiger partial charge in [0.2, 0.25) is 0 Å². The highest BCUT2D eigenvalue weighted by Crippen LogP contribution is 1.99. The second-order valence-corrected chi connectivity index (χ2v) is 3.21. The number of alkyl carbamates (subject to hydrolysis) is 1. The summed E-state index contributed by atoms with van der Waals surface area (Å²) in [6.45, 7) is 3.40. The fraction of sp³-hybridized carbons (Fsp3) is 0.300. The van der Waals surface area contributed by atoms with E-state index < -0.39 is 18.1 Å². The summed E-state index contributed by atoms with van der Waals surface area (Å²) in [4.78, 5) is 22.1. The van der Waals surface area contributed by atoms with Crippen molar-refractivity contribution in [1.82, 2.24) is 15.5 Å². The molecule has 1 unspecified atom stereocenters. The van der Waals surface area contributed by atoms with E-state index in [-0.39, 0.29) is 13.0 Å². The maximum absolute atomic E-state index is 11.2. The summed E-state index contributed by atoms with van der Waals surface area (Å²) in [6, 6.07) is 0.569. The molecule has 0 aliphatic heterocycles. The van der Waals surface area contributed by atoms with Crippen molar-refractivity contribution in [3.8, 4) is 0 Å². The van der Waals surface area contributed by atoms with E-state index >= 15 is 0 Å². The van der Waals surface area contributed by atoms with Crippen molar-refractivity contribution in [2.75, 3.05) is 6.61 Å². The molecular weight excluding hydrogens is 226 g/mol. The van der Waals surface area contributed by atoms with Crippen LogP contribution in [0.25, 0.3) is 0 Å². The average Bonchev–Trinajstić information content (AvgIpc) is 2.78. The molecule has 1 heterocycles. The van der Waals surface area contributed by atoms with Crippen LogP contribution >= 0.6 is 0 Å². The van der Waals surface area contributed by atoms with Crippen molar-refractivity contribution < 1.29 is 19.4 Å². The molecule has 0 saturated heterocycles. The number of H-pyrrole nitrogens is 1. The van der Waals surface area contributed by atoms with E-state index in [9.17, 15) is 9.59 Å². The van der Waals surface area contributed by atoms with Crippen LogP contribution in [0.2, 0.25) is 0 Å². The number of aliphatic carboxylic acids is 1. The van der Waals surface area contributed by atoms with Gasteiger partial charge in [0.1, 0.15) is 12.6 Å². The van der Waals surface area contributed by atoms with Crippen LogP contribution in [0.15, 0.2) is 24.9 Å². The lowest BCUT2D eigenvalue weighted by atomic mass is 10.1. The van der Waals surface area contributed by atoms with E-state index in [1.54, 1.807) is 6.07 Å². The smallest absolute Gasteiger partial charge is 0.408 e. The predicted molar refractivity (Wildman–Crippen MR) is 58.4 cm³/mol. The minimum Gasteiger partial charge on any atom is -0.480 e. The Morgan fingerprint density at radius 2 is 2.47 bits per heavy atom. The second-order valence-electron chi connectivity index (χ2n) is 3.21. The van der Waals surface area contributed by atoms with Crippen molar-refractivity contribution in [2.24, 2.45) is 0 Å². The number of rotatable bonds is 6. The molecular formula is C10H13N3O4. The molecule has 7 nitrogen and oxygen atoms in total. The van der Waals surface area contributed by atoms with Gasteiger partial charge in [0.15, 0.2) is 0 Å². The zero-order chi connectivity index (χ0) is 12.7. The van der Waals surface area contributed by atoms with E-state index in [1.807, 2.05) is 0 Å². The van der Waals surface area contributed by atoms with Gasteiger partial charge in [-0.1, -0.05) is 12.7 Å². The minimum absolute atomic E-state index is 0.0300. The molecule has 1 aromatic heterocycles. The number of ether oxygens (including phenoxy) is 1. The number of carbonyl (C=O) groups is 2. The number of aromatic nitrogens is 2. The van der Waals surface area contributed by atoms with Crippen LogP contribution < -0.4 is 5.32 Å². The Bertz CT molecular complexity index is 388. The van der Waals surface area contributed by atoms with Gasteiger partial charge in [-0.15, -0.1) is 0 Å². The SMILES string of the molecule is C=CCOC(=O)NC(Cc1ccn[nH]1)C(=O)O. The molecule has 1 amide bonds. The van der Waals surface area contributed by atoms with Gasteiger partial charge in [0.05, 0.1) is 0 Å². The highest BCUT2D eigenvalue weighted by Gasteiger charge is 2.21. The molecule has 1 rings (SSSR count). The normalized spacial score (nSPS) is 11.5. The number of amides is 1. The van der Waals surface area contributed by atoms with Crippen LogP contribution in [0, 0.1) is 0 Å². The molecule has 0 aliphatic rings. The standard InChI is InChI=1S/C10H13N3O4/c1-2-5-17-10(16)12-8(9(14)15)6-7-3-4-11-13-7/h2-4,8H,1,5-6H2,(H,11,13)(H,12,16)(H,14,15). The van der Waals surface area contributed by atoms with E-state index in [2.05, 4.69) is 26.8 Å². The lowest BCUT2D eigenvalue weighted by Gasteiger charge is -2.12. The fourth-order valence-corrected chi connectivity index (χ4v) is 1.14. The van der Waals surface area contributed by atoms with Crippen molar-refractivity contribution in [2.45, 2.75) is 12.5 Å². The molecule has 1 atom stereocenters. The molecule has 0 spiro atoms. The van der Waals surface area contributed by atoms with E-state index in [0.29, 0.717) is 5.69 Å². The molecule has 0 aromatic carbocycles. The maximum atomic E-state index is 11.2. The number of carboxylic acid groups (broad SMARTS) is 1. The minimum atomic E-state index is -1.14. The molecule has 7 heteroatoms. The van der Waals surface area contributed by atoms with Gasteiger partial charge in [-0.2, -0.15) is 5.10 Å². The lowest BCUT2D eigenvalue weighted by molar-refractivity contribution is -0.139. The Hall–Kier alpha value is -2.31. The zero-order valence-corrected chi connectivity index (χ0v) is 9.05. The number of carboxylic acids is 1. The first-order valence-corrected chi connectivity index (χ1v) is 4.88. The van der Waals surface area contributed by atoms with Gasteiger partial charge in [0, 0.05) is 18.3 Å². The quantitative estimate of drug-likeness (QED) is 0.620. The van der Waals surface area contributed by atoms with E-state index in [4.69, 9.17) is 5.11 Å². The number of hydrogen-bond acceptors (Lipinski definition) is 4. The van der Waals surface area contributed by atoms with Gasteiger partial charge in [-0.05, 0) is 6.07 Å². The summed E-state index contributed by atoms with van der Waals surface area (Å²) < 4.78 is 4.63. The first kappa shape index (κ1) is 12.8. The van der Waals surface area contributed by atoms with Crippen LogP contribution in [0.5, 0.6) is 0 Å². The molecule has 1 aromatic rings. The third kappa shape index (κ3) is 4.37. The van der Waals surface area contributed by atoms with Crippen LogP contribution in [0.4, 0.5) is 4.79 Å². The number of aromatic amines is 1. The van der Waals surface area contributed by atoms with Crippen molar-refractivity contribution in [3.05, 3.63) is 30.6 Å². The number of nitrogens with one attached hydrogen (secondary N) is 2. The molecule has 0 bridgehead atoms. The summed E-state index contributed by atoms with van der Waals surface area (Å²) >= 11 is 0. The summed E-state index contributed by atoms with van der Waals surface area (Å²) in [5.41, 5.74) is 0.612. The predicted octanol–water partition coefficient (Wildman–Crippen LogP) is 0.318. The summed E-state index contributed by atoms with van der Waals surface area (Å²) in [5.74, 6) is -1.14.